The van der Waals surface area contributed by atoms with Crippen LogP contribution in [0.15, 0.2) is 36.5 Å². The summed E-state index contributed by atoms with van der Waals surface area (Å²) in [6, 6.07) is 11.0. The Morgan fingerprint density at radius 3 is 2.52 bits per heavy atom. The number of nitrogens with zero attached hydrogens (tertiary/aromatic N) is 2. The predicted octanol–water partition coefficient (Wildman–Crippen LogP) is 4.95. The number of pyridine rings is 1. The zero-order chi connectivity index (χ0) is 23.0. The van der Waals surface area contributed by atoms with Gasteiger partial charge in [0.25, 0.3) is 0 Å². The Kier molecular flexibility index (Phi) is 8.26. The molecular weight excluding hydrogens is 394 g/mol. The van der Waals surface area contributed by atoms with Gasteiger partial charge in [0.05, 0.1) is 18.7 Å². The van der Waals surface area contributed by atoms with Crippen LogP contribution in [0.5, 0.6) is 11.6 Å². The molecule has 1 heterocycles. The van der Waals surface area contributed by atoms with Crippen LogP contribution in [0, 0.1) is 17.2 Å². The summed E-state index contributed by atoms with van der Waals surface area (Å²) < 4.78 is 16.5. The molecule has 2 aromatic rings. The quantitative estimate of drug-likeness (QED) is 0.643. The van der Waals surface area contributed by atoms with Crippen LogP contribution in [0.25, 0.3) is 11.1 Å². The van der Waals surface area contributed by atoms with Crippen LogP contribution in [-0.2, 0) is 4.74 Å². The molecule has 2 rings (SSSR count). The fraction of sp³-hybridized carbons (Fsp3) is 0.458. The molecule has 31 heavy (non-hydrogen) atoms. The van der Waals surface area contributed by atoms with Crippen molar-refractivity contribution in [3.8, 4) is 28.8 Å². The highest BCUT2D eigenvalue weighted by molar-refractivity contribution is 5.68. The minimum atomic E-state index is -0.577. The fourth-order valence-electron chi connectivity index (χ4n) is 3.03. The van der Waals surface area contributed by atoms with E-state index < -0.39 is 11.7 Å². The van der Waals surface area contributed by atoms with Gasteiger partial charge in [-0.2, -0.15) is 5.26 Å². The largest absolute Gasteiger partial charge is 0.490 e. The molecular formula is C24H31N3O4. The number of rotatable bonds is 8. The summed E-state index contributed by atoms with van der Waals surface area (Å²) in [6.07, 6.45) is 1.89. The molecule has 0 unspecified atom stereocenters. The highest BCUT2D eigenvalue weighted by Gasteiger charge is 2.21. The second-order valence-electron chi connectivity index (χ2n) is 8.69. The van der Waals surface area contributed by atoms with E-state index in [4.69, 9.17) is 14.2 Å². The molecule has 0 saturated heterocycles. The Bertz CT molecular complexity index is 929. The number of alkyl carbamates (subject to hydrolysis) is 1. The highest BCUT2D eigenvalue weighted by atomic mass is 16.6. The number of methoxy groups -OCH3 is 1. The Morgan fingerprint density at radius 1 is 1.19 bits per heavy atom. The number of aromatic nitrogens is 1. The number of nitriles is 1. The Morgan fingerprint density at radius 2 is 1.90 bits per heavy atom. The van der Waals surface area contributed by atoms with E-state index >= 15 is 0 Å². The van der Waals surface area contributed by atoms with Crippen LogP contribution in [0.1, 0.15) is 46.6 Å². The summed E-state index contributed by atoms with van der Waals surface area (Å²) in [5, 5.41) is 12.5. The molecule has 0 bridgehead atoms. The first-order valence-corrected chi connectivity index (χ1v) is 10.3. The summed E-state index contributed by atoms with van der Waals surface area (Å²) in [5.74, 6) is 1.32. The fourth-order valence-corrected chi connectivity index (χ4v) is 3.03. The lowest BCUT2D eigenvalue weighted by molar-refractivity contribution is 0.0480. The highest BCUT2D eigenvalue weighted by Crippen LogP contribution is 2.28. The second-order valence-corrected chi connectivity index (χ2v) is 8.69. The minimum Gasteiger partial charge on any atom is -0.490 e. The van der Waals surface area contributed by atoms with E-state index in [-0.39, 0.29) is 12.6 Å². The topological polar surface area (TPSA) is 93.5 Å². The number of carbonyl (C=O) groups excluding carboxylic acids is 1. The van der Waals surface area contributed by atoms with Gasteiger partial charge >= 0.3 is 6.09 Å². The first kappa shape index (κ1) is 24.0. The summed E-state index contributed by atoms with van der Waals surface area (Å²) in [4.78, 5) is 16.3. The van der Waals surface area contributed by atoms with Gasteiger partial charge in [0.2, 0.25) is 5.88 Å². The summed E-state index contributed by atoms with van der Waals surface area (Å²) >= 11 is 0. The molecule has 7 heteroatoms. The third kappa shape index (κ3) is 7.82. The number of hydrogen-bond donors (Lipinski definition) is 1. The molecule has 0 radical (unpaired) electrons. The van der Waals surface area contributed by atoms with E-state index in [1.807, 2.05) is 32.9 Å². The van der Waals surface area contributed by atoms with E-state index in [1.54, 1.807) is 31.5 Å². The van der Waals surface area contributed by atoms with Crippen molar-refractivity contribution >= 4 is 6.09 Å². The van der Waals surface area contributed by atoms with Gasteiger partial charge in [0.1, 0.15) is 24.0 Å². The van der Waals surface area contributed by atoms with E-state index in [0.29, 0.717) is 23.1 Å². The predicted molar refractivity (Wildman–Crippen MR) is 119 cm³/mol. The van der Waals surface area contributed by atoms with Gasteiger partial charge in [0, 0.05) is 12.3 Å². The van der Waals surface area contributed by atoms with Crippen molar-refractivity contribution in [3.63, 3.8) is 0 Å². The molecule has 7 nitrogen and oxygen atoms in total. The number of amides is 1. The zero-order valence-corrected chi connectivity index (χ0v) is 19.1. The first-order chi connectivity index (χ1) is 14.6. The van der Waals surface area contributed by atoms with Crippen molar-refractivity contribution in [1.29, 1.82) is 5.26 Å². The Hall–Kier alpha value is -3.27. The molecule has 0 aliphatic heterocycles. The molecule has 1 aromatic heterocycles. The third-order valence-corrected chi connectivity index (χ3v) is 4.29. The monoisotopic (exact) mass is 425 g/mol. The van der Waals surface area contributed by atoms with Crippen molar-refractivity contribution < 1.29 is 19.0 Å². The van der Waals surface area contributed by atoms with Crippen LogP contribution in [0.3, 0.4) is 0 Å². The Balaban J connectivity index is 2.13. The zero-order valence-electron chi connectivity index (χ0n) is 19.1. The van der Waals surface area contributed by atoms with Crippen molar-refractivity contribution in [1.82, 2.24) is 10.3 Å². The molecule has 1 N–H and O–H groups in total. The molecule has 0 spiro atoms. The maximum atomic E-state index is 12.2. The number of nitrogens with one attached hydrogen (secondary N) is 1. The number of benzene rings is 1. The second kappa shape index (κ2) is 10.7. The number of hydrogen-bond acceptors (Lipinski definition) is 6. The Labute approximate surface area is 184 Å². The molecule has 1 atom stereocenters. The average Bonchev–Trinajstić information content (AvgIpc) is 2.70. The maximum absolute atomic E-state index is 12.2. The molecule has 0 aliphatic rings. The van der Waals surface area contributed by atoms with Crippen molar-refractivity contribution in [2.45, 2.75) is 52.7 Å². The first-order valence-electron chi connectivity index (χ1n) is 10.3. The lowest BCUT2D eigenvalue weighted by Crippen LogP contribution is -2.42. The van der Waals surface area contributed by atoms with Crippen molar-refractivity contribution in [2.24, 2.45) is 5.92 Å². The lowest BCUT2D eigenvalue weighted by atomic mass is 10.0. The SMILES string of the molecule is COc1cc(-c2ccc(OC[C@H](CC(C)C)NC(=O)OC(C)(C)C)c(C#N)c2)ccn1. The van der Waals surface area contributed by atoms with Crippen LogP contribution < -0.4 is 14.8 Å². The molecule has 0 fully saturated rings. The van der Waals surface area contributed by atoms with E-state index in [1.165, 1.54) is 0 Å². The van der Waals surface area contributed by atoms with Gasteiger partial charge in [0.15, 0.2) is 0 Å². The van der Waals surface area contributed by atoms with Crippen molar-refractivity contribution in [3.05, 3.63) is 42.1 Å². The molecule has 1 aromatic carbocycles. The number of ether oxygens (including phenoxy) is 3. The molecule has 0 aliphatic carbocycles. The molecule has 1 amide bonds. The van der Waals surface area contributed by atoms with Gasteiger partial charge in [-0.1, -0.05) is 19.9 Å². The van der Waals surface area contributed by atoms with Gasteiger partial charge in [-0.25, -0.2) is 9.78 Å². The van der Waals surface area contributed by atoms with Crippen molar-refractivity contribution in [2.75, 3.05) is 13.7 Å². The van der Waals surface area contributed by atoms with E-state index in [9.17, 15) is 10.1 Å². The molecule has 166 valence electrons. The number of carbonyl (C=O) groups is 1. The molecule has 0 saturated carbocycles. The van der Waals surface area contributed by atoms with Gasteiger partial charge < -0.3 is 19.5 Å². The van der Waals surface area contributed by atoms with E-state index in [0.717, 1.165) is 17.5 Å². The summed E-state index contributed by atoms with van der Waals surface area (Å²) in [6.45, 7) is 9.83. The smallest absolute Gasteiger partial charge is 0.407 e. The van der Waals surface area contributed by atoms with Crippen LogP contribution >= 0.6 is 0 Å². The van der Waals surface area contributed by atoms with Crippen LogP contribution in [-0.4, -0.2) is 36.4 Å². The normalized spacial score (nSPS) is 12.1. The maximum Gasteiger partial charge on any atom is 0.407 e. The lowest BCUT2D eigenvalue weighted by Gasteiger charge is -2.25. The average molecular weight is 426 g/mol. The van der Waals surface area contributed by atoms with E-state index in [2.05, 4.69) is 30.2 Å². The standard InChI is InChI=1S/C24H31N3O4/c1-16(2)11-20(27-23(28)31-24(3,4)5)15-30-21-8-7-17(12-19(21)14-25)18-9-10-26-22(13-18)29-6/h7-10,12-13,16,20H,11,15H2,1-6H3,(H,27,28)/t20-/m0/s1. The summed E-state index contributed by atoms with van der Waals surface area (Å²) in [7, 11) is 1.56. The van der Waals surface area contributed by atoms with Gasteiger partial charge in [-0.05, 0) is 62.4 Å². The third-order valence-electron chi connectivity index (χ3n) is 4.29. The van der Waals surface area contributed by atoms with Gasteiger partial charge in [-0.15, -0.1) is 0 Å². The minimum absolute atomic E-state index is 0.231. The van der Waals surface area contributed by atoms with Crippen LogP contribution in [0.2, 0.25) is 0 Å². The van der Waals surface area contributed by atoms with Crippen LogP contribution in [0.4, 0.5) is 4.79 Å². The van der Waals surface area contributed by atoms with Gasteiger partial charge in [-0.3, -0.25) is 0 Å². The summed E-state index contributed by atoms with van der Waals surface area (Å²) in [5.41, 5.74) is 1.58.